The molecule has 1 aliphatic heterocycles. The summed E-state index contributed by atoms with van der Waals surface area (Å²) in [5.41, 5.74) is 1.73. The van der Waals surface area contributed by atoms with Crippen molar-refractivity contribution in [3.63, 3.8) is 0 Å². The smallest absolute Gasteiger partial charge is 0.263 e. The molecule has 0 unspecified atom stereocenters. The molecular weight excluding hydrogens is 416 g/mol. The molecule has 4 aromatic heterocycles. The van der Waals surface area contributed by atoms with Crippen molar-refractivity contribution in [3.05, 3.63) is 56.6 Å². The maximum atomic E-state index is 13.7. The summed E-state index contributed by atoms with van der Waals surface area (Å²) in [5, 5.41) is 8.92. The van der Waals surface area contributed by atoms with Gasteiger partial charge in [-0.15, -0.1) is 22.7 Å². The van der Waals surface area contributed by atoms with E-state index in [1.807, 2.05) is 24.4 Å². The summed E-state index contributed by atoms with van der Waals surface area (Å²) in [6, 6.07) is 5.95. The molecular formula is C22H24N4O2S2. The van der Waals surface area contributed by atoms with Gasteiger partial charge in [-0.3, -0.25) is 14.3 Å². The second-order valence-electron chi connectivity index (χ2n) is 8.11. The second-order valence-corrected chi connectivity index (χ2v) is 9.92. The van der Waals surface area contributed by atoms with Crippen LogP contribution in [0.15, 0.2) is 38.3 Å². The molecule has 6 nitrogen and oxygen atoms in total. The van der Waals surface area contributed by atoms with Gasteiger partial charge >= 0.3 is 0 Å². The Hall–Kier alpha value is -2.29. The zero-order valence-corrected chi connectivity index (χ0v) is 18.8. The van der Waals surface area contributed by atoms with Gasteiger partial charge in [-0.05, 0) is 50.2 Å². The Morgan fingerprint density at radius 1 is 1.23 bits per heavy atom. The third-order valence-corrected chi connectivity index (χ3v) is 7.57. The highest BCUT2D eigenvalue weighted by molar-refractivity contribution is 7.18. The number of piperidine rings is 1. The monoisotopic (exact) mass is 440 g/mol. The van der Waals surface area contributed by atoms with Crippen molar-refractivity contribution < 1.29 is 4.52 Å². The van der Waals surface area contributed by atoms with Crippen LogP contribution in [0.5, 0.6) is 0 Å². The lowest BCUT2D eigenvalue weighted by Crippen LogP contribution is -2.36. The van der Waals surface area contributed by atoms with Gasteiger partial charge in [-0.25, -0.2) is 4.98 Å². The van der Waals surface area contributed by atoms with Gasteiger partial charge in [0.1, 0.15) is 22.1 Å². The van der Waals surface area contributed by atoms with E-state index in [-0.39, 0.29) is 5.56 Å². The lowest BCUT2D eigenvalue weighted by molar-refractivity contribution is 0.179. The van der Waals surface area contributed by atoms with Crippen molar-refractivity contribution >= 4 is 32.9 Å². The Morgan fingerprint density at radius 3 is 2.77 bits per heavy atom. The molecule has 0 aliphatic carbocycles. The SMILES string of the molecule is Cc1cc(Cn2c(CN3CCC(C)CC3)nc3scc(-c4cccs4)c3c2=O)no1. The van der Waals surface area contributed by atoms with Crippen LogP contribution in [0, 0.1) is 12.8 Å². The molecule has 156 valence electrons. The largest absolute Gasteiger partial charge is 0.361 e. The fourth-order valence-corrected chi connectivity index (χ4v) is 5.81. The van der Waals surface area contributed by atoms with Gasteiger partial charge in [0.15, 0.2) is 0 Å². The van der Waals surface area contributed by atoms with Gasteiger partial charge in [0.2, 0.25) is 0 Å². The molecule has 1 fully saturated rings. The molecule has 4 aromatic rings. The van der Waals surface area contributed by atoms with E-state index >= 15 is 0 Å². The fraction of sp³-hybridized carbons (Fsp3) is 0.409. The first kappa shape index (κ1) is 19.7. The van der Waals surface area contributed by atoms with E-state index in [1.54, 1.807) is 27.2 Å². The molecule has 30 heavy (non-hydrogen) atoms. The minimum Gasteiger partial charge on any atom is -0.361 e. The van der Waals surface area contributed by atoms with Crippen LogP contribution in [-0.2, 0) is 13.1 Å². The zero-order chi connectivity index (χ0) is 20.7. The first-order valence-corrected chi connectivity index (χ1v) is 12.0. The summed E-state index contributed by atoms with van der Waals surface area (Å²) in [4.78, 5) is 23.0. The van der Waals surface area contributed by atoms with Crippen LogP contribution in [0.4, 0.5) is 0 Å². The Labute approximate surface area is 182 Å². The highest BCUT2D eigenvalue weighted by Crippen LogP contribution is 2.34. The number of aryl methyl sites for hydroxylation is 1. The summed E-state index contributed by atoms with van der Waals surface area (Å²) < 4.78 is 7.03. The van der Waals surface area contributed by atoms with Crippen molar-refractivity contribution in [3.8, 4) is 10.4 Å². The van der Waals surface area contributed by atoms with Crippen LogP contribution < -0.4 is 5.56 Å². The van der Waals surface area contributed by atoms with Gasteiger partial charge in [0.05, 0.1) is 18.5 Å². The van der Waals surface area contributed by atoms with E-state index in [0.29, 0.717) is 18.5 Å². The normalized spacial score (nSPS) is 15.9. The Balaban J connectivity index is 1.60. The molecule has 0 aromatic carbocycles. The molecule has 0 spiro atoms. The van der Waals surface area contributed by atoms with Crippen molar-refractivity contribution in [2.75, 3.05) is 13.1 Å². The van der Waals surface area contributed by atoms with Crippen LogP contribution in [0.25, 0.3) is 20.7 Å². The summed E-state index contributed by atoms with van der Waals surface area (Å²) in [7, 11) is 0. The third kappa shape index (κ3) is 3.75. The molecule has 0 saturated carbocycles. The van der Waals surface area contributed by atoms with Crippen LogP contribution in [-0.4, -0.2) is 32.7 Å². The van der Waals surface area contributed by atoms with Crippen LogP contribution >= 0.6 is 22.7 Å². The van der Waals surface area contributed by atoms with E-state index in [4.69, 9.17) is 9.51 Å². The summed E-state index contributed by atoms with van der Waals surface area (Å²) in [5.74, 6) is 2.32. The van der Waals surface area contributed by atoms with Gasteiger partial charge in [-0.1, -0.05) is 18.1 Å². The lowest BCUT2D eigenvalue weighted by Gasteiger charge is -2.30. The predicted molar refractivity (Wildman–Crippen MR) is 121 cm³/mol. The average molecular weight is 441 g/mol. The number of thiophene rings is 2. The van der Waals surface area contributed by atoms with Crippen molar-refractivity contribution in [2.45, 2.75) is 39.8 Å². The maximum Gasteiger partial charge on any atom is 0.263 e. The summed E-state index contributed by atoms with van der Waals surface area (Å²) in [6.07, 6.45) is 2.38. The van der Waals surface area contributed by atoms with E-state index in [9.17, 15) is 4.79 Å². The van der Waals surface area contributed by atoms with Gasteiger partial charge in [0.25, 0.3) is 5.56 Å². The molecule has 0 radical (unpaired) electrons. The topological polar surface area (TPSA) is 64.2 Å². The first-order chi connectivity index (χ1) is 14.6. The molecule has 0 N–H and O–H groups in total. The highest BCUT2D eigenvalue weighted by Gasteiger charge is 2.22. The van der Waals surface area contributed by atoms with Crippen molar-refractivity contribution in [2.24, 2.45) is 5.92 Å². The van der Waals surface area contributed by atoms with Gasteiger partial charge in [-0.2, -0.15) is 0 Å². The van der Waals surface area contributed by atoms with E-state index < -0.39 is 0 Å². The highest BCUT2D eigenvalue weighted by atomic mass is 32.1. The van der Waals surface area contributed by atoms with E-state index in [2.05, 4.69) is 28.4 Å². The third-order valence-electron chi connectivity index (χ3n) is 5.80. The second kappa shape index (κ2) is 8.09. The molecule has 5 heterocycles. The van der Waals surface area contributed by atoms with Gasteiger partial charge < -0.3 is 4.52 Å². The number of fused-ring (bicyclic) bond motifs is 1. The minimum absolute atomic E-state index is 0.00526. The quantitative estimate of drug-likeness (QED) is 0.448. The Bertz CT molecular complexity index is 1210. The minimum atomic E-state index is 0.00526. The average Bonchev–Trinajstić information content (AvgIpc) is 3.47. The Morgan fingerprint density at radius 2 is 2.07 bits per heavy atom. The van der Waals surface area contributed by atoms with E-state index in [1.165, 1.54) is 12.8 Å². The standard InChI is InChI=1S/C22H24N4O2S2/c1-14-5-7-25(8-6-14)12-19-23-21-20(17(13-30-21)18-4-3-9-29-18)22(27)26(19)11-16-10-15(2)28-24-16/h3-4,9-10,13-14H,5-8,11-12H2,1-2H3. The molecule has 5 rings (SSSR count). The zero-order valence-electron chi connectivity index (χ0n) is 17.1. The van der Waals surface area contributed by atoms with Gasteiger partial charge in [0, 0.05) is 21.9 Å². The van der Waals surface area contributed by atoms with Crippen LogP contribution in [0.3, 0.4) is 0 Å². The molecule has 8 heteroatoms. The molecule has 0 bridgehead atoms. The Kier molecular flexibility index (Phi) is 5.30. The molecule has 0 amide bonds. The molecule has 0 atom stereocenters. The van der Waals surface area contributed by atoms with Crippen LogP contribution in [0.2, 0.25) is 0 Å². The molecule has 1 aliphatic rings. The first-order valence-electron chi connectivity index (χ1n) is 10.3. The number of hydrogen-bond donors (Lipinski definition) is 0. The number of rotatable bonds is 5. The van der Waals surface area contributed by atoms with Crippen molar-refractivity contribution in [1.82, 2.24) is 19.6 Å². The van der Waals surface area contributed by atoms with Crippen LogP contribution in [0.1, 0.15) is 37.0 Å². The number of aromatic nitrogens is 3. The van der Waals surface area contributed by atoms with Crippen molar-refractivity contribution in [1.29, 1.82) is 0 Å². The number of nitrogens with zero attached hydrogens (tertiary/aromatic N) is 4. The molecule has 1 saturated heterocycles. The summed E-state index contributed by atoms with van der Waals surface area (Å²) in [6.45, 7) is 7.32. The predicted octanol–water partition coefficient (Wildman–Crippen LogP) is 4.76. The maximum absolute atomic E-state index is 13.7. The fourth-order valence-electron chi connectivity index (χ4n) is 4.04. The van der Waals surface area contributed by atoms with E-state index in [0.717, 1.165) is 51.6 Å². The lowest BCUT2D eigenvalue weighted by atomic mass is 9.99. The number of likely N-dealkylation sites (tertiary alicyclic amines) is 1. The summed E-state index contributed by atoms with van der Waals surface area (Å²) >= 11 is 3.20. The number of hydrogen-bond acceptors (Lipinski definition) is 7.